The molecule has 3 rings (SSSR count). The van der Waals surface area contributed by atoms with Crippen LogP contribution in [0.4, 0.5) is 5.69 Å². The topological polar surface area (TPSA) is 55.2 Å². The van der Waals surface area contributed by atoms with Gasteiger partial charge in [-0.15, -0.1) is 11.8 Å². The normalized spacial score (nSPS) is 17.7. The third-order valence-electron chi connectivity index (χ3n) is 4.22. The van der Waals surface area contributed by atoms with Crippen LogP contribution in [-0.2, 0) is 4.74 Å². The maximum atomic E-state index is 6.24. The number of hydrogen-bond donors (Lipinski definition) is 1. The van der Waals surface area contributed by atoms with Crippen molar-refractivity contribution in [3.8, 4) is 5.75 Å². The smallest absolute Gasteiger partial charge is 0.196 e. The molecule has 6 heteroatoms. The zero-order chi connectivity index (χ0) is 19.2. The van der Waals surface area contributed by atoms with Crippen molar-refractivity contribution in [3.05, 3.63) is 65.4 Å². The maximum Gasteiger partial charge on any atom is 0.196 e. The monoisotopic (exact) mass is 383 g/mol. The van der Waals surface area contributed by atoms with Gasteiger partial charge in [0, 0.05) is 16.8 Å². The summed E-state index contributed by atoms with van der Waals surface area (Å²) in [7, 11) is 1.66. The average molecular weight is 384 g/mol. The zero-order valence-electron chi connectivity index (χ0n) is 16.1. The van der Waals surface area contributed by atoms with Gasteiger partial charge in [0.1, 0.15) is 22.6 Å². The van der Waals surface area contributed by atoms with E-state index in [2.05, 4.69) is 22.5 Å². The Morgan fingerprint density at radius 2 is 2.04 bits per heavy atom. The number of methoxy groups -OCH3 is 1. The predicted octanol–water partition coefficient (Wildman–Crippen LogP) is 6.08. The first-order valence-electron chi connectivity index (χ1n) is 9.02. The molecule has 1 aliphatic rings. The van der Waals surface area contributed by atoms with Crippen LogP contribution in [0.15, 0.2) is 64.5 Å². The van der Waals surface area contributed by atoms with Crippen LogP contribution in [0.2, 0.25) is 0 Å². The molecule has 0 aliphatic carbocycles. The van der Waals surface area contributed by atoms with Crippen LogP contribution in [0.3, 0.4) is 0 Å². The fourth-order valence-corrected chi connectivity index (χ4v) is 3.50. The number of benzene rings is 2. The van der Waals surface area contributed by atoms with E-state index in [4.69, 9.17) is 9.47 Å². The summed E-state index contributed by atoms with van der Waals surface area (Å²) in [5, 5.41) is 12.6. The van der Waals surface area contributed by atoms with Gasteiger partial charge in [0.2, 0.25) is 0 Å². The van der Waals surface area contributed by atoms with Crippen LogP contribution in [0.5, 0.6) is 5.75 Å². The number of para-hydroxylation sites is 1. The van der Waals surface area contributed by atoms with Gasteiger partial charge in [0.05, 0.1) is 7.11 Å². The molecule has 142 valence electrons. The Balaban J connectivity index is 1.99. The molecule has 0 saturated carbocycles. The number of nitrogens with one attached hydrogen (secondary N) is 1. The number of azo groups is 1. The lowest BCUT2D eigenvalue weighted by atomic mass is 10.1. The van der Waals surface area contributed by atoms with Crippen LogP contribution >= 0.6 is 11.8 Å². The van der Waals surface area contributed by atoms with Gasteiger partial charge in [-0.05, 0) is 37.8 Å². The van der Waals surface area contributed by atoms with Gasteiger partial charge in [-0.3, -0.25) is 0 Å². The Kier molecular flexibility index (Phi) is 6.40. The molecule has 0 bridgehead atoms. The fraction of sp³-hybridized carbons (Fsp3) is 0.333. The Bertz CT molecular complexity index is 851. The molecule has 0 amide bonds. The van der Waals surface area contributed by atoms with Crippen molar-refractivity contribution in [2.45, 2.75) is 32.4 Å². The lowest BCUT2D eigenvalue weighted by molar-refractivity contribution is 0.144. The number of nitrogens with zero attached hydrogens (tertiary/aromatic N) is 2. The number of anilines is 1. The van der Waals surface area contributed by atoms with Crippen molar-refractivity contribution in [3.63, 3.8) is 0 Å². The van der Waals surface area contributed by atoms with E-state index in [0.717, 1.165) is 39.8 Å². The van der Waals surface area contributed by atoms with E-state index in [1.54, 1.807) is 18.9 Å². The van der Waals surface area contributed by atoms with E-state index < -0.39 is 0 Å². The van der Waals surface area contributed by atoms with Gasteiger partial charge in [0.25, 0.3) is 0 Å². The number of thioether (sulfide) groups is 1. The second-order valence-corrected chi connectivity index (χ2v) is 7.73. The Hall–Kier alpha value is -2.47. The molecule has 1 heterocycles. The fourth-order valence-electron chi connectivity index (χ4n) is 2.90. The van der Waals surface area contributed by atoms with Gasteiger partial charge >= 0.3 is 0 Å². The van der Waals surface area contributed by atoms with E-state index in [-0.39, 0.29) is 11.6 Å². The van der Waals surface area contributed by atoms with E-state index >= 15 is 0 Å². The Morgan fingerprint density at radius 3 is 2.81 bits per heavy atom. The quantitative estimate of drug-likeness (QED) is 0.615. The van der Waals surface area contributed by atoms with Gasteiger partial charge in [-0.25, -0.2) is 0 Å². The first-order chi connectivity index (χ1) is 13.1. The highest BCUT2D eigenvalue weighted by Gasteiger charge is 2.23. The standard InChI is InChI=1S/C21H25N3O2S/c1-5-27-15(3)23-24-20-14(2)26-21(16-9-8-10-17(13-16)25-4)22-19-12-7-6-11-18(19)20/h6-13,15,21-22H,5H2,1-4H3. The summed E-state index contributed by atoms with van der Waals surface area (Å²) in [5.41, 5.74) is 3.69. The molecular formula is C21H25N3O2S. The van der Waals surface area contributed by atoms with Crippen LogP contribution in [-0.4, -0.2) is 18.2 Å². The maximum absolute atomic E-state index is 6.24. The van der Waals surface area contributed by atoms with E-state index in [1.165, 1.54) is 0 Å². The third-order valence-corrected chi connectivity index (χ3v) is 5.13. The van der Waals surface area contributed by atoms with E-state index in [0.29, 0.717) is 0 Å². The molecule has 2 atom stereocenters. The molecular weight excluding hydrogens is 358 g/mol. The lowest BCUT2D eigenvalue weighted by Gasteiger charge is -2.20. The Morgan fingerprint density at radius 1 is 1.22 bits per heavy atom. The van der Waals surface area contributed by atoms with Gasteiger partial charge in [-0.1, -0.05) is 37.3 Å². The molecule has 0 radical (unpaired) electrons. The third kappa shape index (κ3) is 4.63. The van der Waals surface area contributed by atoms with Crippen molar-refractivity contribution in [1.29, 1.82) is 0 Å². The van der Waals surface area contributed by atoms with Crippen LogP contribution in [0, 0.1) is 0 Å². The minimum absolute atomic E-state index is 0.104. The molecule has 0 saturated heterocycles. The van der Waals surface area contributed by atoms with Crippen LogP contribution < -0.4 is 10.1 Å². The van der Waals surface area contributed by atoms with Gasteiger partial charge < -0.3 is 14.8 Å². The second kappa shape index (κ2) is 8.95. The van der Waals surface area contributed by atoms with Crippen LogP contribution in [0.25, 0.3) is 5.70 Å². The van der Waals surface area contributed by atoms with Crippen LogP contribution in [0.1, 0.15) is 38.1 Å². The van der Waals surface area contributed by atoms with Crippen molar-refractivity contribution in [2.24, 2.45) is 10.2 Å². The summed E-state index contributed by atoms with van der Waals surface area (Å²) in [6, 6.07) is 15.9. The molecule has 0 aromatic heterocycles. The summed E-state index contributed by atoms with van der Waals surface area (Å²) in [6.07, 6.45) is -0.337. The number of fused-ring (bicyclic) bond motifs is 1. The molecule has 0 spiro atoms. The molecule has 1 N–H and O–H groups in total. The summed E-state index contributed by atoms with van der Waals surface area (Å²) < 4.78 is 11.6. The number of rotatable bonds is 6. The van der Waals surface area contributed by atoms with Crippen molar-refractivity contribution in [1.82, 2.24) is 0 Å². The minimum atomic E-state index is -0.337. The highest BCUT2D eigenvalue weighted by Crippen LogP contribution is 2.37. The highest BCUT2D eigenvalue weighted by atomic mass is 32.2. The first kappa shape index (κ1) is 19.3. The second-order valence-electron chi connectivity index (χ2n) is 6.14. The summed E-state index contributed by atoms with van der Waals surface area (Å²) in [4.78, 5) is 0. The van der Waals surface area contributed by atoms with Gasteiger partial charge in [0.15, 0.2) is 6.23 Å². The molecule has 0 fully saturated rings. The SMILES string of the molecule is CCSC(C)N=NC1=C(C)OC(c2cccc(OC)c2)Nc2ccccc21. The lowest BCUT2D eigenvalue weighted by Crippen LogP contribution is -2.12. The molecule has 1 aliphatic heterocycles. The van der Waals surface area contributed by atoms with Crippen molar-refractivity contribution < 1.29 is 9.47 Å². The van der Waals surface area contributed by atoms with E-state index in [9.17, 15) is 0 Å². The van der Waals surface area contributed by atoms with Crippen molar-refractivity contribution in [2.75, 3.05) is 18.2 Å². The number of allylic oxidation sites excluding steroid dienone is 1. The summed E-state index contributed by atoms with van der Waals surface area (Å²) in [5.74, 6) is 2.53. The van der Waals surface area contributed by atoms with Crippen molar-refractivity contribution >= 4 is 23.1 Å². The predicted molar refractivity (Wildman–Crippen MR) is 112 cm³/mol. The average Bonchev–Trinajstić information content (AvgIpc) is 2.82. The molecule has 2 unspecified atom stereocenters. The first-order valence-corrected chi connectivity index (χ1v) is 10.1. The molecule has 27 heavy (non-hydrogen) atoms. The molecule has 2 aromatic carbocycles. The summed E-state index contributed by atoms with van der Waals surface area (Å²) >= 11 is 1.76. The zero-order valence-corrected chi connectivity index (χ0v) is 16.9. The number of ether oxygens (including phenoxy) is 2. The van der Waals surface area contributed by atoms with E-state index in [1.807, 2.05) is 62.4 Å². The molecule has 2 aromatic rings. The Labute approximate surface area is 164 Å². The largest absolute Gasteiger partial charge is 0.497 e. The highest BCUT2D eigenvalue weighted by molar-refractivity contribution is 7.99. The van der Waals surface area contributed by atoms with Gasteiger partial charge in [-0.2, -0.15) is 10.2 Å². The summed E-state index contributed by atoms with van der Waals surface area (Å²) in [6.45, 7) is 6.10. The number of hydrogen-bond acceptors (Lipinski definition) is 6. The molecule has 5 nitrogen and oxygen atoms in total. The minimum Gasteiger partial charge on any atom is -0.497 e.